The van der Waals surface area contributed by atoms with Gasteiger partial charge in [0.1, 0.15) is 0 Å². The van der Waals surface area contributed by atoms with E-state index in [0.717, 1.165) is 14.2 Å². The van der Waals surface area contributed by atoms with Crippen molar-refractivity contribution in [2.45, 2.75) is 9.58 Å². The zero-order valence-corrected chi connectivity index (χ0v) is 13.8. The molecule has 0 aliphatic rings. The van der Waals surface area contributed by atoms with Gasteiger partial charge < -0.3 is 14.4 Å². The SMILES string of the molecule is COP(=O)(OC)C(NC(=O)c1ccccc1)C(Cl)(Cl)Cl. The summed E-state index contributed by atoms with van der Waals surface area (Å²) in [6, 6.07) is 8.22. The summed E-state index contributed by atoms with van der Waals surface area (Å²) in [5.74, 6) is -2.00. The first-order chi connectivity index (χ1) is 9.24. The predicted octanol–water partition coefficient (Wildman–Crippen LogP) is 3.60. The lowest BCUT2D eigenvalue weighted by molar-refractivity contribution is 0.0941. The molecule has 1 N–H and O–H groups in total. The van der Waals surface area contributed by atoms with Gasteiger partial charge >= 0.3 is 7.60 Å². The summed E-state index contributed by atoms with van der Waals surface area (Å²) >= 11 is 17.3. The van der Waals surface area contributed by atoms with Gasteiger partial charge in [0.2, 0.25) is 3.79 Å². The molecule has 0 aliphatic heterocycles. The van der Waals surface area contributed by atoms with Crippen LogP contribution in [0.1, 0.15) is 10.4 Å². The minimum Gasteiger partial charge on any atom is -0.334 e. The number of nitrogens with one attached hydrogen (secondary N) is 1. The Kier molecular flexibility index (Phi) is 6.32. The molecular formula is C11H13Cl3NO4P. The van der Waals surface area contributed by atoms with Gasteiger partial charge in [-0.3, -0.25) is 9.36 Å². The van der Waals surface area contributed by atoms with E-state index in [2.05, 4.69) is 5.32 Å². The number of benzene rings is 1. The lowest BCUT2D eigenvalue weighted by atomic mass is 10.2. The van der Waals surface area contributed by atoms with Crippen molar-refractivity contribution < 1.29 is 18.4 Å². The van der Waals surface area contributed by atoms with Crippen LogP contribution in [-0.2, 0) is 13.6 Å². The molecule has 20 heavy (non-hydrogen) atoms. The number of carbonyl (C=O) groups excluding carboxylic acids is 1. The van der Waals surface area contributed by atoms with Crippen LogP contribution in [0.3, 0.4) is 0 Å². The monoisotopic (exact) mass is 359 g/mol. The standard InChI is InChI=1S/C11H13Cl3NO4P/c1-18-20(17,19-2)10(11(12,13)14)15-9(16)8-6-4-3-5-7-8/h3-7,10H,1-2H3,(H,15,16). The fourth-order valence-corrected chi connectivity index (χ4v) is 3.87. The normalized spacial score (nSPS) is 13.8. The Labute approximate surface area is 132 Å². The molecule has 0 heterocycles. The van der Waals surface area contributed by atoms with Crippen molar-refractivity contribution in [3.05, 3.63) is 35.9 Å². The third-order valence-corrected chi connectivity index (χ3v) is 5.72. The van der Waals surface area contributed by atoms with E-state index in [4.69, 9.17) is 43.9 Å². The number of hydrogen-bond donors (Lipinski definition) is 1. The second-order valence-electron chi connectivity index (χ2n) is 3.69. The summed E-state index contributed by atoms with van der Waals surface area (Å²) in [6.07, 6.45) is 0. The number of carbonyl (C=O) groups is 1. The average molecular weight is 361 g/mol. The summed E-state index contributed by atoms with van der Waals surface area (Å²) in [6.45, 7) is 0. The predicted molar refractivity (Wildman–Crippen MR) is 79.6 cm³/mol. The zero-order chi connectivity index (χ0) is 15.4. The fraction of sp³-hybridized carbons (Fsp3) is 0.364. The quantitative estimate of drug-likeness (QED) is 0.644. The Morgan fingerprint density at radius 2 is 1.70 bits per heavy atom. The Hall–Kier alpha value is -0.290. The highest BCUT2D eigenvalue weighted by atomic mass is 35.6. The van der Waals surface area contributed by atoms with E-state index in [9.17, 15) is 9.36 Å². The van der Waals surface area contributed by atoms with Gasteiger partial charge in [0.15, 0.2) is 5.78 Å². The first-order valence-corrected chi connectivity index (χ1v) is 8.13. The van der Waals surface area contributed by atoms with Crippen molar-refractivity contribution in [2.75, 3.05) is 14.2 Å². The lowest BCUT2D eigenvalue weighted by Gasteiger charge is -2.30. The van der Waals surface area contributed by atoms with Gasteiger partial charge in [-0.15, -0.1) is 0 Å². The van der Waals surface area contributed by atoms with Gasteiger partial charge in [-0.25, -0.2) is 0 Å². The molecule has 1 aromatic carbocycles. The largest absolute Gasteiger partial charge is 0.356 e. The fourth-order valence-electron chi connectivity index (χ4n) is 1.42. The second-order valence-corrected chi connectivity index (χ2v) is 8.38. The Morgan fingerprint density at radius 1 is 1.20 bits per heavy atom. The number of rotatable bonds is 5. The summed E-state index contributed by atoms with van der Waals surface area (Å²) in [5, 5.41) is 2.37. The van der Waals surface area contributed by atoms with Crippen LogP contribution in [-0.4, -0.2) is 29.7 Å². The van der Waals surface area contributed by atoms with E-state index in [1.54, 1.807) is 30.3 Å². The molecule has 1 atom stereocenters. The smallest absolute Gasteiger partial charge is 0.334 e. The highest BCUT2D eigenvalue weighted by Crippen LogP contribution is 2.57. The van der Waals surface area contributed by atoms with Crippen LogP contribution in [0.25, 0.3) is 0 Å². The molecule has 0 aromatic heterocycles. The third-order valence-electron chi connectivity index (χ3n) is 2.44. The molecule has 0 aliphatic carbocycles. The van der Waals surface area contributed by atoms with E-state index in [1.165, 1.54) is 0 Å². The van der Waals surface area contributed by atoms with Gasteiger partial charge in [-0.1, -0.05) is 53.0 Å². The van der Waals surface area contributed by atoms with E-state index >= 15 is 0 Å². The van der Waals surface area contributed by atoms with Crippen LogP contribution in [0, 0.1) is 0 Å². The number of amides is 1. The van der Waals surface area contributed by atoms with Crippen LogP contribution < -0.4 is 5.32 Å². The molecular weight excluding hydrogens is 347 g/mol. The Bertz CT molecular complexity index is 498. The van der Waals surface area contributed by atoms with Crippen molar-refractivity contribution >= 4 is 48.3 Å². The molecule has 1 amide bonds. The van der Waals surface area contributed by atoms with Crippen LogP contribution in [0.4, 0.5) is 0 Å². The maximum Gasteiger partial charge on any atom is 0.356 e. The molecule has 0 fully saturated rings. The minimum atomic E-state index is -3.81. The highest BCUT2D eigenvalue weighted by molar-refractivity contribution is 7.55. The lowest BCUT2D eigenvalue weighted by Crippen LogP contribution is -2.44. The van der Waals surface area contributed by atoms with Crippen LogP contribution in [0.15, 0.2) is 30.3 Å². The average Bonchev–Trinajstić information content (AvgIpc) is 2.43. The van der Waals surface area contributed by atoms with Crippen molar-refractivity contribution in [1.29, 1.82) is 0 Å². The van der Waals surface area contributed by atoms with Gasteiger partial charge in [0.25, 0.3) is 5.91 Å². The molecule has 0 saturated carbocycles. The van der Waals surface area contributed by atoms with Crippen molar-refractivity contribution in [3.8, 4) is 0 Å². The second kappa shape index (κ2) is 7.12. The van der Waals surface area contributed by atoms with E-state index in [-0.39, 0.29) is 0 Å². The zero-order valence-electron chi connectivity index (χ0n) is 10.7. The molecule has 1 unspecified atom stereocenters. The number of hydrogen-bond acceptors (Lipinski definition) is 4. The van der Waals surface area contributed by atoms with Crippen molar-refractivity contribution in [3.63, 3.8) is 0 Å². The molecule has 0 bridgehead atoms. The van der Waals surface area contributed by atoms with E-state index in [0.29, 0.717) is 5.56 Å². The Morgan fingerprint density at radius 3 is 2.10 bits per heavy atom. The molecule has 0 spiro atoms. The maximum atomic E-state index is 12.4. The third kappa shape index (κ3) is 4.35. The van der Waals surface area contributed by atoms with Gasteiger partial charge in [0.05, 0.1) is 0 Å². The summed E-state index contributed by atoms with van der Waals surface area (Å²) < 4.78 is 19.8. The first-order valence-electron chi connectivity index (χ1n) is 5.38. The van der Waals surface area contributed by atoms with Gasteiger partial charge in [-0.2, -0.15) is 0 Å². The summed E-state index contributed by atoms with van der Waals surface area (Å²) in [4.78, 5) is 12.1. The van der Waals surface area contributed by atoms with E-state index < -0.39 is 23.1 Å². The summed E-state index contributed by atoms with van der Waals surface area (Å²) in [5.41, 5.74) is 0.325. The number of alkyl halides is 3. The minimum absolute atomic E-state index is 0.325. The molecule has 5 nitrogen and oxygen atoms in total. The molecule has 1 rings (SSSR count). The maximum absolute atomic E-state index is 12.4. The van der Waals surface area contributed by atoms with Crippen LogP contribution in [0.2, 0.25) is 0 Å². The molecule has 112 valence electrons. The van der Waals surface area contributed by atoms with Gasteiger partial charge in [-0.05, 0) is 12.1 Å². The van der Waals surface area contributed by atoms with Crippen LogP contribution >= 0.6 is 42.4 Å². The van der Waals surface area contributed by atoms with Crippen LogP contribution in [0.5, 0.6) is 0 Å². The highest BCUT2D eigenvalue weighted by Gasteiger charge is 2.49. The first kappa shape index (κ1) is 17.8. The van der Waals surface area contributed by atoms with Crippen molar-refractivity contribution in [2.24, 2.45) is 0 Å². The molecule has 0 radical (unpaired) electrons. The topological polar surface area (TPSA) is 64.6 Å². The summed E-state index contributed by atoms with van der Waals surface area (Å²) in [7, 11) is -1.53. The number of halogens is 3. The van der Waals surface area contributed by atoms with Gasteiger partial charge in [0, 0.05) is 19.8 Å². The molecule has 9 heteroatoms. The molecule has 1 aromatic rings. The Balaban J connectivity index is 3.04. The molecule has 0 saturated heterocycles. The van der Waals surface area contributed by atoms with Crippen molar-refractivity contribution in [1.82, 2.24) is 5.32 Å². The van der Waals surface area contributed by atoms with E-state index in [1.807, 2.05) is 0 Å².